The molecule has 0 N–H and O–H groups in total. The summed E-state index contributed by atoms with van der Waals surface area (Å²) in [5.74, 6) is -1.70. The molecule has 0 bridgehead atoms. The largest absolute Gasteiger partial charge is 0.485 e. The van der Waals surface area contributed by atoms with Crippen molar-refractivity contribution in [1.82, 2.24) is 0 Å². The van der Waals surface area contributed by atoms with Gasteiger partial charge in [-0.1, -0.05) is 23.8 Å². The zero-order chi connectivity index (χ0) is 14.7. The van der Waals surface area contributed by atoms with Crippen molar-refractivity contribution in [2.75, 3.05) is 6.61 Å². The molecule has 0 radical (unpaired) electrons. The first-order chi connectivity index (χ1) is 9.45. The molecule has 4 heteroatoms. The number of ether oxygens (including phenoxy) is 1. The maximum atomic E-state index is 13.0. The van der Waals surface area contributed by atoms with Crippen molar-refractivity contribution in [3.05, 3.63) is 64.7 Å². The van der Waals surface area contributed by atoms with Crippen molar-refractivity contribution < 1.29 is 18.3 Å². The Morgan fingerprint density at radius 1 is 1.05 bits per heavy atom. The number of aryl methyl sites for hydroxylation is 2. The van der Waals surface area contributed by atoms with Gasteiger partial charge in [0.05, 0.1) is 0 Å². The summed E-state index contributed by atoms with van der Waals surface area (Å²) in [5, 5.41) is 0. The van der Waals surface area contributed by atoms with E-state index in [4.69, 9.17) is 4.74 Å². The minimum atomic E-state index is -0.737. The summed E-state index contributed by atoms with van der Waals surface area (Å²) < 4.78 is 31.1. The van der Waals surface area contributed by atoms with Gasteiger partial charge in [-0.15, -0.1) is 0 Å². The second-order valence-electron chi connectivity index (χ2n) is 4.64. The molecular formula is C16H14F2O2. The third kappa shape index (κ3) is 3.41. The van der Waals surface area contributed by atoms with Crippen molar-refractivity contribution in [1.29, 1.82) is 0 Å². The summed E-state index contributed by atoms with van der Waals surface area (Å²) >= 11 is 0. The van der Waals surface area contributed by atoms with Gasteiger partial charge in [0.25, 0.3) is 0 Å². The smallest absolute Gasteiger partial charge is 0.200 e. The number of Topliss-reactive ketones (excluding diaryl/α,β-unsaturated/α-hetero) is 1. The summed E-state index contributed by atoms with van der Waals surface area (Å²) in [6.07, 6.45) is 0. The molecule has 2 rings (SSSR count). The molecule has 0 unspecified atom stereocenters. The van der Waals surface area contributed by atoms with E-state index in [0.29, 0.717) is 5.56 Å². The molecule has 2 aromatic rings. The van der Waals surface area contributed by atoms with Gasteiger partial charge < -0.3 is 4.74 Å². The van der Waals surface area contributed by atoms with Gasteiger partial charge in [0.15, 0.2) is 12.4 Å². The first kappa shape index (κ1) is 14.2. The normalized spacial score (nSPS) is 10.4. The lowest BCUT2D eigenvalue weighted by molar-refractivity contribution is 0.0920. The molecule has 20 heavy (non-hydrogen) atoms. The van der Waals surface area contributed by atoms with E-state index >= 15 is 0 Å². The van der Waals surface area contributed by atoms with Crippen LogP contribution in [-0.2, 0) is 0 Å². The van der Waals surface area contributed by atoms with Crippen LogP contribution in [0.1, 0.15) is 21.5 Å². The van der Waals surface area contributed by atoms with Crippen molar-refractivity contribution in [3.63, 3.8) is 0 Å². The summed E-state index contributed by atoms with van der Waals surface area (Å²) in [6, 6.07) is 8.29. The van der Waals surface area contributed by atoms with Crippen LogP contribution in [0.5, 0.6) is 5.75 Å². The van der Waals surface area contributed by atoms with Crippen LogP contribution in [0.25, 0.3) is 0 Å². The number of ketones is 1. The fourth-order valence-electron chi connectivity index (χ4n) is 1.96. The first-order valence-corrected chi connectivity index (χ1v) is 6.15. The van der Waals surface area contributed by atoms with Crippen LogP contribution in [0.4, 0.5) is 8.78 Å². The van der Waals surface area contributed by atoms with Crippen molar-refractivity contribution in [2.45, 2.75) is 13.8 Å². The standard InChI is InChI=1S/C16H14F2O2/c1-10-3-4-15(11(2)5-10)16(19)9-20-14-7-12(17)6-13(18)8-14/h3-8H,9H2,1-2H3. The predicted octanol–water partition coefficient (Wildman–Crippen LogP) is 3.84. The molecule has 2 nitrogen and oxygen atoms in total. The third-order valence-corrected chi connectivity index (χ3v) is 2.89. The topological polar surface area (TPSA) is 26.3 Å². The van der Waals surface area contributed by atoms with Crippen molar-refractivity contribution in [3.8, 4) is 5.75 Å². The molecule has 0 aliphatic rings. The number of benzene rings is 2. The Bertz CT molecular complexity index is 631. The highest BCUT2D eigenvalue weighted by molar-refractivity contribution is 5.98. The van der Waals surface area contributed by atoms with Gasteiger partial charge in [0.2, 0.25) is 0 Å². The summed E-state index contributed by atoms with van der Waals surface area (Å²) in [4.78, 5) is 12.0. The number of hydrogen-bond donors (Lipinski definition) is 0. The minimum Gasteiger partial charge on any atom is -0.485 e. The predicted molar refractivity (Wildman–Crippen MR) is 72.1 cm³/mol. The van der Waals surface area contributed by atoms with Crippen LogP contribution in [0.15, 0.2) is 36.4 Å². The highest BCUT2D eigenvalue weighted by Gasteiger charge is 2.10. The van der Waals surface area contributed by atoms with E-state index in [-0.39, 0.29) is 18.1 Å². The van der Waals surface area contributed by atoms with E-state index in [2.05, 4.69) is 0 Å². The van der Waals surface area contributed by atoms with Gasteiger partial charge in [-0.3, -0.25) is 4.79 Å². The lowest BCUT2D eigenvalue weighted by atomic mass is 10.0. The molecule has 0 spiro atoms. The van der Waals surface area contributed by atoms with E-state index in [9.17, 15) is 13.6 Å². The average molecular weight is 276 g/mol. The van der Waals surface area contributed by atoms with Crippen LogP contribution in [0, 0.1) is 25.5 Å². The van der Waals surface area contributed by atoms with Gasteiger partial charge in [0.1, 0.15) is 17.4 Å². The third-order valence-electron chi connectivity index (χ3n) is 2.89. The first-order valence-electron chi connectivity index (χ1n) is 6.15. The quantitative estimate of drug-likeness (QED) is 0.793. The zero-order valence-corrected chi connectivity index (χ0v) is 11.2. The monoisotopic (exact) mass is 276 g/mol. The summed E-state index contributed by atoms with van der Waals surface area (Å²) in [6.45, 7) is 3.52. The maximum Gasteiger partial charge on any atom is 0.200 e. The van der Waals surface area contributed by atoms with Gasteiger partial charge in [-0.2, -0.15) is 0 Å². The Morgan fingerprint density at radius 2 is 1.70 bits per heavy atom. The molecule has 0 atom stereocenters. The molecule has 0 fully saturated rings. The van der Waals surface area contributed by atoms with E-state index in [1.54, 1.807) is 6.07 Å². The Kier molecular flexibility index (Phi) is 4.13. The molecule has 0 aliphatic carbocycles. The Labute approximate surface area is 116 Å². The van der Waals surface area contributed by atoms with Crippen LogP contribution in [0.3, 0.4) is 0 Å². The summed E-state index contributed by atoms with van der Waals surface area (Å²) in [7, 11) is 0. The lowest BCUT2D eigenvalue weighted by Crippen LogP contribution is -2.13. The van der Waals surface area contributed by atoms with Gasteiger partial charge in [0, 0.05) is 23.8 Å². The molecule has 0 aliphatic heterocycles. The van der Waals surface area contributed by atoms with Crippen molar-refractivity contribution >= 4 is 5.78 Å². The van der Waals surface area contributed by atoms with Gasteiger partial charge in [-0.05, 0) is 19.4 Å². The molecule has 0 saturated carbocycles. The molecule has 2 aromatic carbocycles. The number of carbonyl (C=O) groups excluding carboxylic acids is 1. The number of halogens is 2. The van der Waals surface area contributed by atoms with E-state index in [1.165, 1.54) is 0 Å². The van der Waals surface area contributed by atoms with Gasteiger partial charge >= 0.3 is 0 Å². The van der Waals surface area contributed by atoms with Crippen molar-refractivity contribution in [2.24, 2.45) is 0 Å². The highest BCUT2D eigenvalue weighted by Crippen LogP contribution is 2.16. The van der Waals surface area contributed by atoms with Gasteiger partial charge in [-0.25, -0.2) is 8.78 Å². The number of hydrogen-bond acceptors (Lipinski definition) is 2. The second-order valence-corrected chi connectivity index (χ2v) is 4.64. The van der Waals surface area contributed by atoms with Crippen LogP contribution < -0.4 is 4.74 Å². The fourth-order valence-corrected chi connectivity index (χ4v) is 1.96. The molecule has 0 heterocycles. The summed E-state index contributed by atoms with van der Waals surface area (Å²) in [5.41, 5.74) is 2.46. The average Bonchev–Trinajstić information content (AvgIpc) is 2.35. The zero-order valence-electron chi connectivity index (χ0n) is 11.2. The minimum absolute atomic E-state index is 0.000569. The Hall–Kier alpha value is -2.23. The number of carbonyl (C=O) groups is 1. The molecule has 0 saturated heterocycles. The lowest BCUT2D eigenvalue weighted by Gasteiger charge is -2.08. The van der Waals surface area contributed by atoms with E-state index in [1.807, 2.05) is 26.0 Å². The molecule has 0 aromatic heterocycles. The Morgan fingerprint density at radius 3 is 2.30 bits per heavy atom. The molecule has 104 valence electrons. The Balaban J connectivity index is 2.08. The fraction of sp³-hybridized carbons (Fsp3) is 0.188. The number of rotatable bonds is 4. The molecule has 0 amide bonds. The maximum absolute atomic E-state index is 13.0. The molecular weight excluding hydrogens is 262 g/mol. The van der Waals surface area contributed by atoms with E-state index in [0.717, 1.165) is 29.3 Å². The highest BCUT2D eigenvalue weighted by atomic mass is 19.1. The van der Waals surface area contributed by atoms with Crippen LogP contribution in [0.2, 0.25) is 0 Å². The SMILES string of the molecule is Cc1ccc(C(=O)COc2cc(F)cc(F)c2)c(C)c1. The van der Waals surface area contributed by atoms with E-state index < -0.39 is 11.6 Å². The van der Waals surface area contributed by atoms with Crippen LogP contribution in [-0.4, -0.2) is 12.4 Å². The second kappa shape index (κ2) is 5.82. The van der Waals surface area contributed by atoms with Crippen LogP contribution >= 0.6 is 0 Å².